The summed E-state index contributed by atoms with van der Waals surface area (Å²) in [6.45, 7) is 15.9. The van der Waals surface area contributed by atoms with Gasteiger partial charge in [-0.2, -0.15) is 4.98 Å². The number of nitrogens with one attached hydrogen (secondary N) is 1. The van der Waals surface area contributed by atoms with Crippen molar-refractivity contribution in [2.24, 2.45) is 5.41 Å². The quantitative estimate of drug-likeness (QED) is 0.747. The molecule has 0 amide bonds. The monoisotopic (exact) mass is 293 g/mol. The van der Waals surface area contributed by atoms with Crippen LogP contribution in [0.5, 0.6) is 5.88 Å². The number of hydrogen-bond donors (Lipinski definition) is 1. The van der Waals surface area contributed by atoms with E-state index in [0.717, 1.165) is 30.9 Å². The number of aryl methyl sites for hydroxylation is 1. The summed E-state index contributed by atoms with van der Waals surface area (Å²) in [7, 11) is 0. The van der Waals surface area contributed by atoms with E-state index in [1.165, 1.54) is 0 Å². The lowest BCUT2D eigenvalue weighted by Crippen LogP contribution is -2.35. The molecule has 0 radical (unpaired) electrons. The van der Waals surface area contributed by atoms with Crippen LogP contribution < -0.4 is 10.1 Å². The van der Waals surface area contributed by atoms with Crippen LogP contribution in [0, 0.1) is 12.3 Å². The fourth-order valence-electron chi connectivity index (χ4n) is 2.72. The molecule has 1 rings (SSSR count). The van der Waals surface area contributed by atoms with Crippen molar-refractivity contribution in [3.05, 3.63) is 11.9 Å². The molecule has 0 aliphatic rings. The molecule has 0 unspecified atom stereocenters. The second-order valence-corrected chi connectivity index (χ2v) is 7.59. The van der Waals surface area contributed by atoms with Crippen LogP contribution >= 0.6 is 0 Å². The molecule has 1 heterocycles. The molecule has 1 N–H and O–H groups in total. The molecule has 4 heteroatoms. The van der Waals surface area contributed by atoms with Crippen LogP contribution in [0.3, 0.4) is 0 Å². The lowest BCUT2D eigenvalue weighted by molar-refractivity contribution is 0.295. The molecule has 0 spiro atoms. The van der Waals surface area contributed by atoms with Crippen molar-refractivity contribution in [3.8, 4) is 5.88 Å². The van der Waals surface area contributed by atoms with Crippen molar-refractivity contribution in [2.75, 3.05) is 11.9 Å². The minimum atomic E-state index is -0.0280. The number of rotatable bonds is 7. The Hall–Kier alpha value is -1.32. The summed E-state index contributed by atoms with van der Waals surface area (Å²) in [5.74, 6) is 2.23. The van der Waals surface area contributed by atoms with Gasteiger partial charge in [-0.05, 0) is 39.0 Å². The number of aromatic nitrogens is 2. The predicted molar refractivity (Wildman–Crippen MR) is 88.9 cm³/mol. The molecule has 120 valence electrons. The Balaban J connectivity index is 2.78. The number of unbranched alkanes of at least 4 members (excludes halogenated alkanes) is 1. The van der Waals surface area contributed by atoms with Gasteiger partial charge < -0.3 is 10.1 Å². The first-order valence-corrected chi connectivity index (χ1v) is 7.88. The summed E-state index contributed by atoms with van der Waals surface area (Å²) in [5, 5.41) is 3.52. The van der Waals surface area contributed by atoms with E-state index in [9.17, 15) is 0 Å². The number of hydrogen-bond acceptors (Lipinski definition) is 4. The van der Waals surface area contributed by atoms with E-state index in [4.69, 9.17) is 4.74 Å². The second kappa shape index (κ2) is 7.10. The second-order valence-electron chi connectivity index (χ2n) is 7.59. The average molecular weight is 293 g/mol. The van der Waals surface area contributed by atoms with E-state index in [0.29, 0.717) is 12.5 Å². The van der Waals surface area contributed by atoms with Crippen LogP contribution in [0.2, 0.25) is 0 Å². The molecule has 0 fully saturated rings. The molecule has 0 atom stereocenters. The van der Waals surface area contributed by atoms with E-state index in [1.807, 2.05) is 13.0 Å². The minimum absolute atomic E-state index is 0.0280. The van der Waals surface area contributed by atoms with Crippen LogP contribution in [0.1, 0.15) is 66.6 Å². The number of ether oxygens (including phenoxy) is 1. The Morgan fingerprint density at radius 2 is 1.81 bits per heavy atom. The van der Waals surface area contributed by atoms with E-state index >= 15 is 0 Å². The molecular weight excluding hydrogens is 262 g/mol. The van der Waals surface area contributed by atoms with Gasteiger partial charge in [-0.1, -0.05) is 34.1 Å². The molecular formula is C17H31N3O. The van der Waals surface area contributed by atoms with Gasteiger partial charge in [-0.3, -0.25) is 0 Å². The fraction of sp³-hybridized carbons (Fsp3) is 0.765. The topological polar surface area (TPSA) is 47.0 Å². The first-order chi connectivity index (χ1) is 9.61. The summed E-state index contributed by atoms with van der Waals surface area (Å²) in [6, 6.07) is 1.90. The fourth-order valence-corrected chi connectivity index (χ4v) is 2.72. The summed E-state index contributed by atoms with van der Waals surface area (Å²) >= 11 is 0. The molecule has 0 bridgehead atoms. The maximum absolute atomic E-state index is 5.69. The van der Waals surface area contributed by atoms with E-state index in [-0.39, 0.29) is 11.0 Å². The first kappa shape index (κ1) is 17.7. The molecule has 1 aromatic rings. The predicted octanol–water partition coefficient (Wildman–Crippen LogP) is 4.59. The standard InChI is InChI=1S/C17H31N3O/c1-8-9-10-21-15-11-14(18-13(2)19-15)20-17(6,7)12-16(3,4)5/h11H,8-10,12H2,1-7H3,(H,18,19,20). The van der Waals surface area contributed by atoms with Crippen molar-refractivity contribution in [1.29, 1.82) is 0 Å². The summed E-state index contributed by atoms with van der Waals surface area (Å²) < 4.78 is 5.69. The Morgan fingerprint density at radius 1 is 1.14 bits per heavy atom. The molecule has 0 aliphatic carbocycles. The third-order valence-corrected chi connectivity index (χ3v) is 3.00. The van der Waals surface area contributed by atoms with E-state index < -0.39 is 0 Å². The third kappa shape index (κ3) is 7.30. The van der Waals surface area contributed by atoms with E-state index in [2.05, 4.69) is 56.8 Å². The lowest BCUT2D eigenvalue weighted by Gasteiger charge is -2.33. The van der Waals surface area contributed by atoms with Crippen molar-refractivity contribution in [3.63, 3.8) is 0 Å². The molecule has 1 aromatic heterocycles. The maximum atomic E-state index is 5.69. The summed E-state index contributed by atoms with van der Waals surface area (Å²) in [4.78, 5) is 8.81. The van der Waals surface area contributed by atoms with Gasteiger partial charge in [0.1, 0.15) is 11.6 Å². The minimum Gasteiger partial charge on any atom is -0.478 e. The molecule has 0 aliphatic heterocycles. The Bertz CT molecular complexity index is 450. The normalized spacial score (nSPS) is 12.3. The van der Waals surface area contributed by atoms with Gasteiger partial charge in [0.2, 0.25) is 5.88 Å². The number of anilines is 1. The average Bonchev–Trinajstić information content (AvgIpc) is 2.23. The first-order valence-electron chi connectivity index (χ1n) is 7.88. The highest BCUT2D eigenvalue weighted by Gasteiger charge is 2.25. The smallest absolute Gasteiger partial charge is 0.218 e. The zero-order valence-electron chi connectivity index (χ0n) is 14.7. The van der Waals surface area contributed by atoms with Crippen molar-refractivity contribution < 1.29 is 4.74 Å². The zero-order chi connectivity index (χ0) is 16.1. The van der Waals surface area contributed by atoms with Gasteiger partial charge >= 0.3 is 0 Å². The largest absolute Gasteiger partial charge is 0.478 e. The Kier molecular flexibility index (Phi) is 5.99. The van der Waals surface area contributed by atoms with E-state index in [1.54, 1.807) is 0 Å². The molecule has 4 nitrogen and oxygen atoms in total. The van der Waals surface area contributed by atoms with Crippen molar-refractivity contribution in [2.45, 2.75) is 73.3 Å². The Labute approximate surface area is 129 Å². The molecule has 0 aromatic carbocycles. The van der Waals surface area contributed by atoms with Gasteiger partial charge in [0.05, 0.1) is 6.61 Å². The summed E-state index contributed by atoms with van der Waals surface area (Å²) in [5.41, 5.74) is 0.235. The highest BCUT2D eigenvalue weighted by Crippen LogP contribution is 2.29. The zero-order valence-corrected chi connectivity index (χ0v) is 14.7. The van der Waals surface area contributed by atoms with Gasteiger partial charge in [0.15, 0.2) is 0 Å². The highest BCUT2D eigenvalue weighted by molar-refractivity contribution is 5.40. The van der Waals surface area contributed by atoms with Crippen LogP contribution in [-0.2, 0) is 0 Å². The third-order valence-electron chi connectivity index (χ3n) is 3.00. The van der Waals surface area contributed by atoms with Crippen LogP contribution in [0.25, 0.3) is 0 Å². The Morgan fingerprint density at radius 3 is 2.38 bits per heavy atom. The van der Waals surface area contributed by atoms with Gasteiger partial charge in [0, 0.05) is 11.6 Å². The molecule has 21 heavy (non-hydrogen) atoms. The molecule has 0 saturated heterocycles. The number of nitrogens with zero attached hydrogens (tertiary/aromatic N) is 2. The van der Waals surface area contributed by atoms with Crippen molar-refractivity contribution >= 4 is 5.82 Å². The molecule has 0 saturated carbocycles. The maximum Gasteiger partial charge on any atom is 0.218 e. The van der Waals surface area contributed by atoms with Crippen LogP contribution in [-0.4, -0.2) is 22.1 Å². The lowest BCUT2D eigenvalue weighted by atomic mass is 9.82. The SMILES string of the molecule is CCCCOc1cc(NC(C)(C)CC(C)(C)C)nc(C)n1. The van der Waals surface area contributed by atoms with Crippen LogP contribution in [0.4, 0.5) is 5.82 Å². The van der Waals surface area contributed by atoms with Gasteiger partial charge in [0.25, 0.3) is 0 Å². The van der Waals surface area contributed by atoms with Crippen LogP contribution in [0.15, 0.2) is 6.07 Å². The van der Waals surface area contributed by atoms with Gasteiger partial charge in [-0.15, -0.1) is 0 Å². The summed E-state index contributed by atoms with van der Waals surface area (Å²) in [6.07, 6.45) is 3.21. The van der Waals surface area contributed by atoms with Gasteiger partial charge in [-0.25, -0.2) is 4.98 Å². The highest BCUT2D eigenvalue weighted by atomic mass is 16.5. The van der Waals surface area contributed by atoms with Crippen molar-refractivity contribution in [1.82, 2.24) is 9.97 Å².